The van der Waals surface area contributed by atoms with Crippen LogP contribution in [0.2, 0.25) is 0 Å². The molecule has 3 aromatic heterocycles. The van der Waals surface area contributed by atoms with E-state index in [9.17, 15) is 14.4 Å². The Balaban J connectivity index is 1.43. The third-order valence-electron chi connectivity index (χ3n) is 7.18. The van der Waals surface area contributed by atoms with Gasteiger partial charge in [0.25, 0.3) is 11.5 Å². The molecule has 1 aromatic carbocycles. The average Bonchev–Trinajstić information content (AvgIpc) is 3.62. The van der Waals surface area contributed by atoms with Gasteiger partial charge in [-0.1, -0.05) is 26.8 Å². The minimum Gasteiger partial charge on any atom is -0.324 e. The first-order chi connectivity index (χ1) is 17.6. The number of carbonyl (C=O) groups excluding carboxylic acids is 2. The monoisotopic (exact) mass is 497 g/mol. The highest BCUT2D eigenvalue weighted by atomic mass is 16.2. The first-order valence-electron chi connectivity index (χ1n) is 12.4. The number of hydrogen-bond acceptors (Lipinski definition) is 7. The van der Waals surface area contributed by atoms with Crippen molar-refractivity contribution in [2.75, 3.05) is 5.32 Å². The molecule has 6 rings (SSSR count). The molecule has 0 atom stereocenters. The molecule has 37 heavy (non-hydrogen) atoms. The number of amides is 2. The number of nitrogens with one attached hydrogen (secondary N) is 2. The second-order valence-electron chi connectivity index (χ2n) is 10.7. The maximum absolute atomic E-state index is 13.1. The number of imide groups is 1. The summed E-state index contributed by atoms with van der Waals surface area (Å²) in [7, 11) is 0. The molecule has 10 nitrogen and oxygen atoms in total. The molecule has 1 aliphatic carbocycles. The van der Waals surface area contributed by atoms with Crippen LogP contribution in [0, 0.1) is 0 Å². The van der Waals surface area contributed by atoms with Crippen LogP contribution in [-0.2, 0) is 22.2 Å². The molecule has 10 heteroatoms. The second kappa shape index (κ2) is 7.83. The molecule has 4 aromatic rings. The molecule has 2 N–H and O–H groups in total. The lowest BCUT2D eigenvalue weighted by Gasteiger charge is -2.24. The Morgan fingerprint density at radius 1 is 1.08 bits per heavy atom. The molecule has 0 bridgehead atoms. The zero-order valence-corrected chi connectivity index (χ0v) is 21.1. The minimum atomic E-state index is -0.577. The number of nitrogens with zero attached hydrogens (tertiary/aromatic N) is 5. The molecular formula is C27H27N7O3. The van der Waals surface area contributed by atoms with Gasteiger partial charge in [-0.2, -0.15) is 4.98 Å². The predicted molar refractivity (Wildman–Crippen MR) is 138 cm³/mol. The molecule has 1 saturated carbocycles. The Labute approximate surface area is 212 Å². The highest BCUT2D eigenvalue weighted by Gasteiger charge is 2.55. The molecule has 0 saturated heterocycles. The Morgan fingerprint density at radius 3 is 2.57 bits per heavy atom. The number of anilines is 2. The summed E-state index contributed by atoms with van der Waals surface area (Å²) in [6, 6.07) is 9.19. The van der Waals surface area contributed by atoms with Crippen molar-refractivity contribution >= 4 is 34.5 Å². The first kappa shape index (κ1) is 23.1. The van der Waals surface area contributed by atoms with Gasteiger partial charge in [-0.25, -0.2) is 14.3 Å². The summed E-state index contributed by atoms with van der Waals surface area (Å²) in [5.74, 6) is -0.338. The highest BCUT2D eigenvalue weighted by molar-refractivity contribution is 6.14. The van der Waals surface area contributed by atoms with Crippen molar-refractivity contribution in [2.24, 2.45) is 0 Å². The number of carbonyl (C=O) groups is 2. The van der Waals surface area contributed by atoms with Gasteiger partial charge in [0.2, 0.25) is 11.9 Å². The Kier molecular flexibility index (Phi) is 4.88. The summed E-state index contributed by atoms with van der Waals surface area (Å²) in [6.45, 7) is 8.62. The van der Waals surface area contributed by atoms with E-state index in [1.54, 1.807) is 21.6 Å². The number of pyridine rings is 1. The zero-order valence-electron chi connectivity index (χ0n) is 21.1. The van der Waals surface area contributed by atoms with Crippen molar-refractivity contribution in [3.63, 3.8) is 0 Å². The van der Waals surface area contributed by atoms with Gasteiger partial charge in [0.15, 0.2) is 5.65 Å². The Hall–Kier alpha value is -4.34. The van der Waals surface area contributed by atoms with Gasteiger partial charge in [-0.05, 0) is 49.6 Å². The smallest absolute Gasteiger partial charge is 0.278 e. The second-order valence-corrected chi connectivity index (χ2v) is 10.7. The fourth-order valence-corrected chi connectivity index (χ4v) is 4.99. The lowest BCUT2D eigenvalue weighted by molar-refractivity contribution is -0.122. The van der Waals surface area contributed by atoms with E-state index >= 15 is 0 Å². The molecule has 0 radical (unpaired) electrons. The number of aromatic nitrogens is 5. The molecule has 1 fully saturated rings. The van der Waals surface area contributed by atoms with Gasteiger partial charge >= 0.3 is 0 Å². The molecule has 1 spiro atoms. The third kappa shape index (κ3) is 3.54. The van der Waals surface area contributed by atoms with Crippen LogP contribution in [0.3, 0.4) is 0 Å². The first-order valence-corrected chi connectivity index (χ1v) is 12.4. The number of fused-ring (bicyclic) bond motifs is 3. The van der Waals surface area contributed by atoms with Crippen LogP contribution in [0.15, 0.2) is 47.5 Å². The van der Waals surface area contributed by atoms with Crippen LogP contribution in [0.25, 0.3) is 16.7 Å². The lowest BCUT2D eigenvalue weighted by atomic mass is 9.86. The van der Waals surface area contributed by atoms with E-state index in [1.807, 2.05) is 31.2 Å². The van der Waals surface area contributed by atoms with Gasteiger partial charge in [0.05, 0.1) is 11.1 Å². The quantitative estimate of drug-likeness (QED) is 0.415. The summed E-state index contributed by atoms with van der Waals surface area (Å²) in [4.78, 5) is 51.6. The maximum atomic E-state index is 13.1. The third-order valence-corrected chi connectivity index (χ3v) is 7.18. The van der Waals surface area contributed by atoms with E-state index in [2.05, 4.69) is 41.4 Å². The normalized spacial score (nSPS) is 16.1. The summed E-state index contributed by atoms with van der Waals surface area (Å²) in [5, 5.41) is 6.04. The van der Waals surface area contributed by atoms with Crippen LogP contribution in [-0.4, -0.2) is 36.1 Å². The molecule has 2 aliphatic rings. The summed E-state index contributed by atoms with van der Waals surface area (Å²) in [5.41, 5.74) is 3.08. The van der Waals surface area contributed by atoms with E-state index in [-0.39, 0.29) is 22.8 Å². The highest BCUT2D eigenvalue weighted by Crippen LogP contribution is 2.51. The topological polar surface area (TPSA) is 124 Å². The molecular weight excluding hydrogens is 470 g/mol. The fourth-order valence-electron chi connectivity index (χ4n) is 4.99. The number of benzene rings is 1. The maximum Gasteiger partial charge on any atom is 0.278 e. The molecule has 0 unspecified atom stereocenters. The van der Waals surface area contributed by atoms with Crippen molar-refractivity contribution in [3.8, 4) is 5.69 Å². The standard InChI is InChI=1S/C27H27N7O3/c1-5-33-23(36)18-14-29-25(31-21(18)34(33)16-8-11-28-20(13-16)26(2,3)4)30-15-6-7-19-17(12-15)22(35)32-24(37)27(19)9-10-27/h6-8,11-14H,5,9-10H2,1-4H3,(H,29,30,31)(H,32,35,37). The zero-order chi connectivity index (χ0) is 26.1. The van der Waals surface area contributed by atoms with Gasteiger partial charge < -0.3 is 5.32 Å². The van der Waals surface area contributed by atoms with Crippen LogP contribution >= 0.6 is 0 Å². The van der Waals surface area contributed by atoms with Gasteiger partial charge in [0, 0.05) is 41.3 Å². The van der Waals surface area contributed by atoms with Crippen LogP contribution in [0.4, 0.5) is 11.6 Å². The molecule has 4 heterocycles. The molecule has 2 amide bonds. The van der Waals surface area contributed by atoms with Crippen molar-refractivity contribution in [2.45, 2.75) is 57.9 Å². The van der Waals surface area contributed by atoms with Crippen molar-refractivity contribution in [1.29, 1.82) is 0 Å². The van der Waals surface area contributed by atoms with E-state index in [0.717, 1.165) is 29.8 Å². The number of hydrogen-bond donors (Lipinski definition) is 2. The molecule has 188 valence electrons. The van der Waals surface area contributed by atoms with Crippen molar-refractivity contribution in [1.82, 2.24) is 29.6 Å². The largest absolute Gasteiger partial charge is 0.324 e. The van der Waals surface area contributed by atoms with E-state index in [0.29, 0.717) is 28.8 Å². The summed E-state index contributed by atoms with van der Waals surface area (Å²) < 4.78 is 3.42. The van der Waals surface area contributed by atoms with E-state index in [1.165, 1.54) is 6.20 Å². The van der Waals surface area contributed by atoms with E-state index < -0.39 is 11.3 Å². The van der Waals surface area contributed by atoms with Crippen LogP contribution in [0.1, 0.15) is 62.2 Å². The average molecular weight is 498 g/mol. The van der Waals surface area contributed by atoms with Gasteiger partial charge in [-0.3, -0.25) is 24.7 Å². The van der Waals surface area contributed by atoms with Crippen LogP contribution < -0.4 is 16.2 Å². The SMILES string of the molecule is CCn1c(=O)c2cnc(Nc3ccc4c(c3)C(=O)NC(=O)C43CC3)nc2n1-c1ccnc(C(C)(C)C)c1. The fraction of sp³-hybridized carbons (Fsp3) is 0.333. The molecule has 1 aliphatic heterocycles. The van der Waals surface area contributed by atoms with Gasteiger partial charge in [-0.15, -0.1) is 0 Å². The predicted octanol–water partition coefficient (Wildman–Crippen LogP) is 3.34. The van der Waals surface area contributed by atoms with E-state index in [4.69, 9.17) is 4.98 Å². The Bertz CT molecular complexity index is 1670. The number of rotatable bonds is 4. The summed E-state index contributed by atoms with van der Waals surface area (Å²) >= 11 is 0. The Morgan fingerprint density at radius 2 is 1.86 bits per heavy atom. The van der Waals surface area contributed by atoms with Crippen molar-refractivity contribution in [3.05, 3.63) is 69.9 Å². The van der Waals surface area contributed by atoms with Crippen LogP contribution in [0.5, 0.6) is 0 Å². The van der Waals surface area contributed by atoms with Gasteiger partial charge in [0.1, 0.15) is 5.39 Å². The van der Waals surface area contributed by atoms with Crippen molar-refractivity contribution < 1.29 is 9.59 Å². The lowest BCUT2D eigenvalue weighted by Crippen LogP contribution is -2.44. The minimum absolute atomic E-state index is 0.166. The summed E-state index contributed by atoms with van der Waals surface area (Å²) in [6.07, 6.45) is 4.74.